The molecule has 0 unspecified atom stereocenters. The van der Waals surface area contributed by atoms with E-state index >= 15 is 0 Å². The van der Waals surface area contributed by atoms with E-state index in [0.717, 1.165) is 10.1 Å². The Morgan fingerprint density at radius 2 is 1.42 bits per heavy atom. The Kier molecular flexibility index (Phi) is 11.6. The Morgan fingerprint density at radius 1 is 0.875 bits per heavy atom. The van der Waals surface area contributed by atoms with Crippen molar-refractivity contribution in [3.63, 3.8) is 0 Å². The number of anilines is 1. The van der Waals surface area contributed by atoms with Gasteiger partial charge in [0.15, 0.2) is 0 Å². The fourth-order valence-electron chi connectivity index (χ4n) is 1.99. The van der Waals surface area contributed by atoms with Crippen LogP contribution in [-0.2, 0) is 4.79 Å². The average molecular weight is 393 g/mol. The normalized spacial score (nSPS) is 8.92. The third-order valence-corrected chi connectivity index (χ3v) is 3.99. The number of carbonyl (C=O) groups is 2. The molecule has 0 aliphatic carbocycles. The van der Waals surface area contributed by atoms with Crippen molar-refractivity contribution in [2.75, 3.05) is 11.9 Å². The van der Waals surface area contributed by atoms with Crippen LogP contribution in [0.2, 0.25) is 0 Å². The number of amides is 1. The predicted molar refractivity (Wildman–Crippen MR) is 96.1 cm³/mol. The van der Waals surface area contributed by atoms with Crippen LogP contribution < -0.4 is 9.30 Å². The maximum absolute atomic E-state index is 12.1. The van der Waals surface area contributed by atoms with E-state index in [1.54, 1.807) is 24.1 Å². The van der Waals surface area contributed by atoms with Crippen molar-refractivity contribution in [1.29, 1.82) is 0 Å². The van der Waals surface area contributed by atoms with Gasteiger partial charge in [-0.2, -0.15) is 0 Å². The molecule has 0 saturated carbocycles. The summed E-state index contributed by atoms with van der Waals surface area (Å²) in [6.45, 7) is 0. The van der Waals surface area contributed by atoms with Crippen LogP contribution in [0.4, 0.5) is 5.69 Å². The summed E-state index contributed by atoms with van der Waals surface area (Å²) in [6.07, 6.45) is 0.456. The minimum Gasteiger partial charge on any atom is -0.412 e. The molecule has 0 saturated heterocycles. The van der Waals surface area contributed by atoms with Gasteiger partial charge in [0.2, 0.25) is 0 Å². The number of hydrogen-bond acceptors (Lipinski definition) is 2. The first-order chi connectivity index (χ1) is 10.1. The van der Waals surface area contributed by atoms with Crippen LogP contribution in [0.1, 0.15) is 23.2 Å². The maximum atomic E-state index is 12.1. The SMILES string of the molecule is CN(C(=O)CCC(=O)c1ccccc1)c1cc[c]([Ge])cc1.O.O.O. The molecular weight excluding hydrogens is 371 g/mol. The monoisotopic (exact) mass is 394 g/mol. The van der Waals surface area contributed by atoms with E-state index in [1.807, 2.05) is 59.0 Å². The first-order valence-corrected chi connectivity index (χ1v) is 7.79. The molecule has 2 aromatic rings. The van der Waals surface area contributed by atoms with Gasteiger partial charge in [0.25, 0.3) is 0 Å². The fraction of sp³-hybridized carbons (Fsp3) is 0.176. The summed E-state index contributed by atoms with van der Waals surface area (Å²) in [4.78, 5) is 25.7. The molecule has 0 spiro atoms. The third kappa shape index (κ3) is 6.63. The summed E-state index contributed by atoms with van der Waals surface area (Å²) in [6, 6.07) is 16.8. The summed E-state index contributed by atoms with van der Waals surface area (Å²) in [5, 5.41) is 0. The van der Waals surface area contributed by atoms with Crippen molar-refractivity contribution >= 4 is 38.3 Å². The summed E-state index contributed by atoms with van der Waals surface area (Å²) < 4.78 is 1.15. The molecule has 24 heavy (non-hydrogen) atoms. The summed E-state index contributed by atoms with van der Waals surface area (Å²) in [5.74, 6) is -0.0515. The predicted octanol–water partition coefficient (Wildman–Crippen LogP) is -0.368. The summed E-state index contributed by atoms with van der Waals surface area (Å²) in [7, 11) is 1.74. The van der Waals surface area contributed by atoms with E-state index in [9.17, 15) is 9.59 Å². The molecule has 0 heterocycles. The number of ketones is 1. The number of Topliss-reactive ketones (excluding diaryl/α,β-unsaturated/α-hetero) is 1. The molecule has 1 amide bonds. The molecular formula is C17H22GeNO5. The van der Waals surface area contributed by atoms with Crippen LogP contribution in [0.25, 0.3) is 0 Å². The van der Waals surface area contributed by atoms with Crippen LogP contribution in [-0.4, -0.2) is 51.7 Å². The minimum atomic E-state index is -0.0527. The Hall–Kier alpha value is -2.00. The molecule has 7 heteroatoms. The van der Waals surface area contributed by atoms with Crippen molar-refractivity contribution in [2.24, 2.45) is 0 Å². The minimum absolute atomic E-state index is 0. The van der Waals surface area contributed by atoms with E-state index in [1.165, 1.54) is 0 Å². The summed E-state index contributed by atoms with van der Waals surface area (Å²) >= 11 is 2.00. The van der Waals surface area contributed by atoms with Crippen molar-refractivity contribution in [2.45, 2.75) is 12.8 Å². The van der Waals surface area contributed by atoms with E-state index < -0.39 is 0 Å². The molecule has 3 radical (unpaired) electrons. The molecule has 0 aromatic heterocycles. The number of nitrogens with zero attached hydrogens (tertiary/aromatic N) is 1. The summed E-state index contributed by atoms with van der Waals surface area (Å²) in [5.41, 5.74) is 1.50. The van der Waals surface area contributed by atoms with E-state index in [4.69, 9.17) is 0 Å². The van der Waals surface area contributed by atoms with Crippen molar-refractivity contribution in [3.05, 3.63) is 60.2 Å². The molecule has 2 rings (SSSR count). The van der Waals surface area contributed by atoms with Gasteiger partial charge in [-0.15, -0.1) is 0 Å². The van der Waals surface area contributed by atoms with Crippen molar-refractivity contribution in [1.82, 2.24) is 0 Å². The zero-order valence-corrected chi connectivity index (χ0v) is 15.5. The Labute approximate surface area is 149 Å². The largest absolute Gasteiger partial charge is 0.412 e. The number of benzene rings is 2. The first-order valence-electron chi connectivity index (χ1n) is 6.74. The standard InChI is InChI=1S/C17H16GeNO2.3H2O/c1-19(15-9-7-14(18)8-10-15)17(21)12-11-16(20)13-5-3-2-4-6-13;;;/h2-10H,11-12H2,1H3;3*1H2. The van der Waals surface area contributed by atoms with Crippen LogP contribution in [0.5, 0.6) is 0 Å². The van der Waals surface area contributed by atoms with Gasteiger partial charge < -0.3 is 16.4 Å². The van der Waals surface area contributed by atoms with Gasteiger partial charge in [-0.1, -0.05) is 6.07 Å². The number of carbonyl (C=O) groups excluding carboxylic acids is 2. The van der Waals surface area contributed by atoms with Crippen LogP contribution >= 0.6 is 0 Å². The molecule has 129 valence electrons. The van der Waals surface area contributed by atoms with Crippen LogP contribution in [0, 0.1) is 0 Å². The second-order valence-corrected chi connectivity index (χ2v) is 6.00. The molecule has 2 aromatic carbocycles. The van der Waals surface area contributed by atoms with Gasteiger partial charge in [-0.05, 0) is 0 Å². The Balaban J connectivity index is 0. The quantitative estimate of drug-likeness (QED) is 0.507. The molecule has 6 nitrogen and oxygen atoms in total. The Morgan fingerprint density at radius 3 is 1.96 bits per heavy atom. The first kappa shape index (κ1) is 24.3. The van der Waals surface area contributed by atoms with Gasteiger partial charge in [-0.3, -0.25) is 0 Å². The number of hydrogen-bond donors (Lipinski definition) is 0. The molecule has 0 aliphatic heterocycles. The van der Waals surface area contributed by atoms with Gasteiger partial charge in [0.1, 0.15) is 0 Å². The second kappa shape index (κ2) is 11.5. The maximum Gasteiger partial charge on any atom is -0.412 e. The second-order valence-electron chi connectivity index (χ2n) is 4.79. The van der Waals surface area contributed by atoms with Crippen molar-refractivity contribution < 1.29 is 26.0 Å². The zero-order chi connectivity index (χ0) is 15.2. The molecule has 0 atom stereocenters. The molecule has 0 fully saturated rings. The fourth-order valence-corrected chi connectivity index (χ4v) is 2.34. The van der Waals surface area contributed by atoms with E-state index in [0.29, 0.717) is 5.56 Å². The number of rotatable bonds is 5. The molecule has 0 aliphatic rings. The molecule has 0 bridgehead atoms. The van der Waals surface area contributed by atoms with Crippen LogP contribution in [0.15, 0.2) is 54.6 Å². The van der Waals surface area contributed by atoms with Crippen molar-refractivity contribution in [3.8, 4) is 0 Å². The Bertz CT molecular complexity index is 631. The van der Waals surface area contributed by atoms with Gasteiger partial charge in [-0.25, -0.2) is 0 Å². The van der Waals surface area contributed by atoms with Gasteiger partial charge in [0.05, 0.1) is 0 Å². The van der Waals surface area contributed by atoms with E-state index in [2.05, 4.69) is 0 Å². The van der Waals surface area contributed by atoms with Gasteiger partial charge >= 0.3 is 127 Å². The smallest absolute Gasteiger partial charge is 0.412 e. The zero-order valence-electron chi connectivity index (χ0n) is 13.4. The average Bonchev–Trinajstić information content (AvgIpc) is 2.53. The van der Waals surface area contributed by atoms with Crippen LogP contribution in [0.3, 0.4) is 0 Å². The van der Waals surface area contributed by atoms with E-state index in [-0.39, 0.29) is 41.0 Å². The topological polar surface area (TPSA) is 132 Å². The third-order valence-electron chi connectivity index (χ3n) is 3.29. The van der Waals surface area contributed by atoms with Gasteiger partial charge in [0, 0.05) is 0 Å². The molecule has 6 N–H and O–H groups in total.